The molecule has 0 saturated carbocycles. The average Bonchev–Trinajstić information content (AvgIpc) is 2.29. The van der Waals surface area contributed by atoms with Crippen molar-refractivity contribution >= 4 is 0 Å². The Labute approximate surface area is 106 Å². The Morgan fingerprint density at radius 1 is 1.21 bits per heavy atom. The number of rotatable bonds is 6. The van der Waals surface area contributed by atoms with Crippen LogP contribution < -0.4 is 16.0 Å². The van der Waals surface area contributed by atoms with Crippen LogP contribution in [-0.4, -0.2) is 12.8 Å². The lowest BCUT2D eigenvalue weighted by Gasteiger charge is -2.20. The normalized spacial score (nSPS) is 13.6. The van der Waals surface area contributed by atoms with Gasteiger partial charge in [-0.05, 0) is 12.5 Å². The number of nitrogens with two attached hydrogens (primary N) is 1. The number of halogens is 5. The molecular formula is C11H13F5N2O. The number of para-hydroxylation sites is 1. The fraction of sp³-hybridized carbons (Fsp3) is 0.455. The zero-order chi connectivity index (χ0) is 14.5. The molecule has 0 spiro atoms. The van der Waals surface area contributed by atoms with Crippen molar-refractivity contribution in [2.75, 3.05) is 0 Å². The van der Waals surface area contributed by atoms with Crippen LogP contribution in [0.5, 0.6) is 5.75 Å². The molecule has 0 aliphatic carbocycles. The first kappa shape index (κ1) is 15.6. The SMILES string of the molecule is NNC(CCC(F)(F)F)c1ccccc1OC(F)F. The molecule has 0 aliphatic heterocycles. The molecule has 1 atom stereocenters. The first-order chi connectivity index (χ1) is 8.83. The first-order valence-corrected chi connectivity index (χ1v) is 5.40. The van der Waals surface area contributed by atoms with Crippen LogP contribution in [0.4, 0.5) is 22.0 Å². The van der Waals surface area contributed by atoms with Crippen LogP contribution in [0.3, 0.4) is 0 Å². The minimum Gasteiger partial charge on any atom is -0.434 e. The quantitative estimate of drug-likeness (QED) is 0.479. The number of nitrogens with one attached hydrogen (secondary N) is 1. The van der Waals surface area contributed by atoms with Crippen molar-refractivity contribution in [3.63, 3.8) is 0 Å². The van der Waals surface area contributed by atoms with E-state index >= 15 is 0 Å². The first-order valence-electron chi connectivity index (χ1n) is 5.40. The Balaban J connectivity index is 2.85. The van der Waals surface area contributed by atoms with E-state index in [0.29, 0.717) is 0 Å². The molecule has 1 rings (SSSR count). The van der Waals surface area contributed by atoms with E-state index in [1.165, 1.54) is 24.3 Å². The Morgan fingerprint density at radius 3 is 2.37 bits per heavy atom. The molecule has 1 aromatic rings. The Kier molecular flexibility index (Phi) is 5.49. The van der Waals surface area contributed by atoms with Crippen LogP contribution in [0.1, 0.15) is 24.4 Å². The van der Waals surface area contributed by atoms with Gasteiger partial charge in [0, 0.05) is 18.0 Å². The van der Waals surface area contributed by atoms with Gasteiger partial charge in [0.15, 0.2) is 0 Å². The lowest BCUT2D eigenvalue weighted by molar-refractivity contribution is -0.136. The highest BCUT2D eigenvalue weighted by molar-refractivity contribution is 5.35. The van der Waals surface area contributed by atoms with Crippen LogP contribution in [-0.2, 0) is 0 Å². The maximum absolute atomic E-state index is 12.2. The lowest BCUT2D eigenvalue weighted by Crippen LogP contribution is -2.29. The molecule has 3 N–H and O–H groups in total. The largest absolute Gasteiger partial charge is 0.434 e. The second kappa shape index (κ2) is 6.67. The van der Waals surface area contributed by atoms with E-state index in [0.717, 1.165) is 0 Å². The van der Waals surface area contributed by atoms with E-state index < -0.39 is 25.3 Å². The summed E-state index contributed by atoms with van der Waals surface area (Å²) < 4.78 is 65.1. The number of alkyl halides is 5. The third-order valence-electron chi connectivity index (χ3n) is 2.43. The molecule has 1 unspecified atom stereocenters. The van der Waals surface area contributed by atoms with Crippen molar-refractivity contribution in [1.82, 2.24) is 5.43 Å². The summed E-state index contributed by atoms with van der Waals surface area (Å²) in [6.07, 6.45) is -5.79. The van der Waals surface area contributed by atoms with Gasteiger partial charge in [0.05, 0.1) is 0 Å². The van der Waals surface area contributed by atoms with Gasteiger partial charge in [0.25, 0.3) is 0 Å². The summed E-state index contributed by atoms with van der Waals surface area (Å²) >= 11 is 0. The third kappa shape index (κ3) is 5.39. The Morgan fingerprint density at radius 2 is 1.84 bits per heavy atom. The smallest absolute Gasteiger partial charge is 0.389 e. The predicted molar refractivity (Wildman–Crippen MR) is 58.4 cm³/mol. The van der Waals surface area contributed by atoms with Gasteiger partial charge in [-0.25, -0.2) is 0 Å². The molecule has 19 heavy (non-hydrogen) atoms. The molecule has 1 aromatic carbocycles. The van der Waals surface area contributed by atoms with Crippen LogP contribution in [0.15, 0.2) is 24.3 Å². The van der Waals surface area contributed by atoms with Crippen LogP contribution in [0.2, 0.25) is 0 Å². The van der Waals surface area contributed by atoms with Gasteiger partial charge in [-0.2, -0.15) is 22.0 Å². The number of benzene rings is 1. The van der Waals surface area contributed by atoms with E-state index in [-0.39, 0.29) is 17.7 Å². The zero-order valence-corrected chi connectivity index (χ0v) is 9.75. The van der Waals surface area contributed by atoms with Crippen molar-refractivity contribution < 1.29 is 26.7 Å². The van der Waals surface area contributed by atoms with Crippen molar-refractivity contribution in [2.24, 2.45) is 5.84 Å². The minimum absolute atomic E-state index is 0.162. The summed E-state index contributed by atoms with van der Waals surface area (Å²) in [6.45, 7) is -3.05. The molecule has 0 aliphatic rings. The third-order valence-corrected chi connectivity index (χ3v) is 2.43. The van der Waals surface area contributed by atoms with Gasteiger partial charge >= 0.3 is 12.8 Å². The monoisotopic (exact) mass is 284 g/mol. The van der Waals surface area contributed by atoms with E-state index in [1.54, 1.807) is 0 Å². The molecule has 0 bridgehead atoms. The van der Waals surface area contributed by atoms with Crippen molar-refractivity contribution in [2.45, 2.75) is 31.7 Å². The van der Waals surface area contributed by atoms with Gasteiger partial charge in [-0.3, -0.25) is 11.3 Å². The highest BCUT2D eigenvalue weighted by Gasteiger charge is 2.29. The molecular weight excluding hydrogens is 271 g/mol. The van der Waals surface area contributed by atoms with Gasteiger partial charge in [0.2, 0.25) is 0 Å². The predicted octanol–water partition coefficient (Wildman–Crippen LogP) is 3.13. The average molecular weight is 284 g/mol. The maximum atomic E-state index is 12.2. The molecule has 3 nitrogen and oxygen atoms in total. The van der Waals surface area contributed by atoms with E-state index in [4.69, 9.17) is 5.84 Å². The summed E-state index contributed by atoms with van der Waals surface area (Å²) in [7, 11) is 0. The van der Waals surface area contributed by atoms with E-state index in [1.807, 2.05) is 0 Å². The standard InChI is InChI=1S/C11H13F5N2O/c12-10(13)19-9-4-2-1-3-7(9)8(18-17)5-6-11(14,15)16/h1-4,8,10,18H,5-6,17H2. The molecule has 0 radical (unpaired) electrons. The second-order valence-electron chi connectivity index (χ2n) is 3.79. The summed E-state index contributed by atoms with van der Waals surface area (Å²) in [4.78, 5) is 0. The summed E-state index contributed by atoms with van der Waals surface area (Å²) in [5.41, 5.74) is 2.34. The summed E-state index contributed by atoms with van der Waals surface area (Å²) in [5.74, 6) is 4.98. The molecule has 0 heterocycles. The van der Waals surface area contributed by atoms with Crippen molar-refractivity contribution in [1.29, 1.82) is 0 Å². The molecule has 8 heteroatoms. The summed E-state index contributed by atoms with van der Waals surface area (Å²) in [6, 6.07) is 4.67. The van der Waals surface area contributed by atoms with E-state index in [2.05, 4.69) is 10.2 Å². The van der Waals surface area contributed by atoms with Gasteiger partial charge < -0.3 is 4.74 Å². The van der Waals surface area contributed by atoms with Crippen LogP contribution in [0.25, 0.3) is 0 Å². The molecule has 0 amide bonds. The van der Waals surface area contributed by atoms with Crippen molar-refractivity contribution in [3.05, 3.63) is 29.8 Å². The highest BCUT2D eigenvalue weighted by Crippen LogP contribution is 2.32. The van der Waals surface area contributed by atoms with Gasteiger partial charge in [-0.15, -0.1) is 0 Å². The van der Waals surface area contributed by atoms with Crippen LogP contribution >= 0.6 is 0 Å². The van der Waals surface area contributed by atoms with E-state index in [9.17, 15) is 22.0 Å². The van der Waals surface area contributed by atoms with Crippen LogP contribution in [0, 0.1) is 0 Å². The fourth-order valence-electron chi connectivity index (χ4n) is 1.61. The number of hydrazine groups is 1. The number of ether oxygens (including phenoxy) is 1. The number of hydrogen-bond donors (Lipinski definition) is 2. The molecule has 108 valence electrons. The second-order valence-corrected chi connectivity index (χ2v) is 3.79. The summed E-state index contributed by atoms with van der Waals surface area (Å²) in [5, 5.41) is 0. The topological polar surface area (TPSA) is 47.3 Å². The molecule has 0 fully saturated rings. The zero-order valence-electron chi connectivity index (χ0n) is 9.75. The fourth-order valence-corrected chi connectivity index (χ4v) is 1.61. The lowest BCUT2D eigenvalue weighted by atomic mass is 10.0. The maximum Gasteiger partial charge on any atom is 0.389 e. The van der Waals surface area contributed by atoms with Gasteiger partial charge in [0.1, 0.15) is 5.75 Å². The molecule has 0 aromatic heterocycles. The minimum atomic E-state index is -4.34. The Hall–Kier alpha value is -1.41. The number of hydrogen-bond acceptors (Lipinski definition) is 3. The Bertz CT molecular complexity index is 397. The van der Waals surface area contributed by atoms with Crippen molar-refractivity contribution in [3.8, 4) is 5.75 Å². The van der Waals surface area contributed by atoms with Gasteiger partial charge in [-0.1, -0.05) is 18.2 Å². The molecule has 0 saturated heterocycles. The highest BCUT2D eigenvalue weighted by atomic mass is 19.4.